The van der Waals surface area contributed by atoms with E-state index in [4.69, 9.17) is 9.47 Å². The number of amides is 1. The minimum Gasteiger partial charge on any atom is -0.487 e. The van der Waals surface area contributed by atoms with Crippen molar-refractivity contribution in [1.82, 2.24) is 9.80 Å². The van der Waals surface area contributed by atoms with Crippen LogP contribution < -0.4 is 4.74 Å². The van der Waals surface area contributed by atoms with E-state index < -0.39 is 11.0 Å². The van der Waals surface area contributed by atoms with Crippen molar-refractivity contribution >= 4 is 18.0 Å². The minimum absolute atomic E-state index is 0.00127. The molecule has 0 radical (unpaired) electrons. The number of nitrogens with zero attached hydrogens (tertiary/aromatic N) is 2. The Balaban J connectivity index is 1.28. The summed E-state index contributed by atoms with van der Waals surface area (Å²) < 4.78 is 13.7. The summed E-state index contributed by atoms with van der Waals surface area (Å²) in [5, 5.41) is 0. The molecule has 4 aliphatic rings. The predicted octanol–water partition coefficient (Wildman–Crippen LogP) is 6.22. The predicted molar refractivity (Wildman–Crippen MR) is 176 cm³/mol. The van der Waals surface area contributed by atoms with Crippen molar-refractivity contribution < 1.29 is 19.1 Å². The molecule has 2 aliphatic heterocycles. The van der Waals surface area contributed by atoms with Crippen LogP contribution in [0.5, 0.6) is 5.75 Å². The largest absolute Gasteiger partial charge is 0.487 e. The molecule has 45 heavy (non-hydrogen) atoms. The molecule has 0 unspecified atom stereocenters. The SMILES string of the molecule is CC(=O)O[C@@]12CC[C@@H](N(CC(C)C)C(=O)C=Cc3ccccc3)[C@@H]3Oc4cccc5c4[C@@]31CCN(CCc1ccccc1)[C@@H]2C5. The average Bonchev–Trinajstić information content (AvgIpc) is 3.38. The molecule has 234 valence electrons. The number of carbonyl (C=O) groups excluding carboxylic acids is 2. The summed E-state index contributed by atoms with van der Waals surface area (Å²) in [6.07, 6.45) is 7.32. The Labute approximate surface area is 267 Å². The van der Waals surface area contributed by atoms with Crippen LogP contribution in [-0.2, 0) is 32.6 Å². The fraction of sp³-hybridized carbons (Fsp3) is 0.436. The van der Waals surface area contributed by atoms with Gasteiger partial charge in [-0.05, 0) is 73.4 Å². The summed E-state index contributed by atoms with van der Waals surface area (Å²) in [5.41, 5.74) is 3.59. The van der Waals surface area contributed by atoms with Crippen molar-refractivity contribution in [2.75, 3.05) is 19.6 Å². The molecule has 1 amide bonds. The molecule has 6 heteroatoms. The number of likely N-dealkylation sites (tertiary alicyclic amines) is 1. The first-order valence-electron chi connectivity index (χ1n) is 16.6. The van der Waals surface area contributed by atoms with Crippen molar-refractivity contribution in [1.29, 1.82) is 0 Å². The van der Waals surface area contributed by atoms with E-state index in [0.29, 0.717) is 19.4 Å². The zero-order valence-corrected chi connectivity index (χ0v) is 26.7. The van der Waals surface area contributed by atoms with Gasteiger partial charge in [0.2, 0.25) is 5.91 Å². The maximum atomic E-state index is 14.1. The average molecular weight is 605 g/mol. The van der Waals surface area contributed by atoms with Crippen molar-refractivity contribution in [2.24, 2.45) is 5.92 Å². The van der Waals surface area contributed by atoms with Crippen LogP contribution in [0.25, 0.3) is 6.08 Å². The first kappa shape index (κ1) is 29.8. The van der Waals surface area contributed by atoms with E-state index in [1.165, 1.54) is 16.7 Å². The van der Waals surface area contributed by atoms with E-state index in [0.717, 1.165) is 43.7 Å². The molecule has 2 aliphatic carbocycles. The highest BCUT2D eigenvalue weighted by atomic mass is 16.6. The molecule has 7 rings (SSSR count). The van der Waals surface area contributed by atoms with Gasteiger partial charge in [0.05, 0.1) is 17.5 Å². The molecule has 0 N–H and O–H groups in total. The molecule has 1 spiro atoms. The van der Waals surface area contributed by atoms with Gasteiger partial charge in [-0.15, -0.1) is 0 Å². The van der Waals surface area contributed by atoms with Gasteiger partial charge >= 0.3 is 5.97 Å². The minimum atomic E-state index is -0.721. The highest BCUT2D eigenvalue weighted by Gasteiger charge is 2.75. The third-order valence-electron chi connectivity index (χ3n) is 10.7. The summed E-state index contributed by atoms with van der Waals surface area (Å²) in [6.45, 7) is 8.31. The third kappa shape index (κ3) is 4.98. The number of carbonyl (C=O) groups is 2. The first-order valence-corrected chi connectivity index (χ1v) is 16.6. The monoisotopic (exact) mass is 604 g/mol. The molecule has 1 saturated heterocycles. The smallest absolute Gasteiger partial charge is 0.303 e. The van der Waals surface area contributed by atoms with Gasteiger partial charge in [-0.1, -0.05) is 86.6 Å². The van der Waals surface area contributed by atoms with E-state index >= 15 is 0 Å². The lowest BCUT2D eigenvalue weighted by atomic mass is 9.48. The molecule has 3 aromatic carbocycles. The topological polar surface area (TPSA) is 59.1 Å². The van der Waals surface area contributed by atoms with Gasteiger partial charge in [-0.3, -0.25) is 14.5 Å². The van der Waals surface area contributed by atoms with E-state index in [9.17, 15) is 9.59 Å². The summed E-state index contributed by atoms with van der Waals surface area (Å²) in [6, 6.07) is 26.9. The maximum absolute atomic E-state index is 14.1. The normalized spacial score (nSPS) is 28.0. The van der Waals surface area contributed by atoms with Crippen LogP contribution in [0, 0.1) is 5.92 Å². The summed E-state index contributed by atoms with van der Waals surface area (Å²) in [7, 11) is 0. The van der Waals surface area contributed by atoms with Crippen molar-refractivity contribution in [2.45, 2.75) is 82.1 Å². The molecule has 5 atom stereocenters. The Kier molecular flexibility index (Phi) is 7.81. The van der Waals surface area contributed by atoms with Crippen molar-refractivity contribution in [3.63, 3.8) is 0 Å². The molecule has 3 aromatic rings. The number of benzene rings is 3. The standard InChI is InChI=1S/C39H44N2O4/c1-27(2)26-41(35(43)18-17-29-11-6-4-7-12-29)32-19-21-39(45-28(3)42)34-25-31-15-10-16-33-36(31)38(39,37(32)44-33)22-24-40(34)23-20-30-13-8-5-9-14-30/h4-18,27,32,34,37H,19-26H2,1-3H3/t32-,34-,37+,38+,39-/m1/s1. The number of ether oxygens (including phenoxy) is 2. The Bertz CT molecular complexity index is 1590. The van der Waals surface area contributed by atoms with Crippen LogP contribution >= 0.6 is 0 Å². The lowest BCUT2D eigenvalue weighted by Gasteiger charge is -2.65. The molecule has 6 nitrogen and oxygen atoms in total. The van der Waals surface area contributed by atoms with Gasteiger partial charge in [-0.2, -0.15) is 0 Å². The number of esters is 1. The zero-order chi connectivity index (χ0) is 31.2. The summed E-state index contributed by atoms with van der Waals surface area (Å²) in [5.74, 6) is 0.945. The van der Waals surface area contributed by atoms with Crippen LogP contribution in [0.3, 0.4) is 0 Å². The Morgan fingerprint density at radius 3 is 2.51 bits per heavy atom. The molecular weight excluding hydrogens is 560 g/mol. The molecule has 1 saturated carbocycles. The molecule has 2 bridgehead atoms. The number of hydrogen-bond acceptors (Lipinski definition) is 5. The maximum Gasteiger partial charge on any atom is 0.303 e. The van der Waals surface area contributed by atoms with Crippen LogP contribution in [0.2, 0.25) is 0 Å². The summed E-state index contributed by atoms with van der Waals surface area (Å²) in [4.78, 5) is 31.7. The highest BCUT2D eigenvalue weighted by Crippen LogP contribution is 2.65. The number of hydrogen-bond donors (Lipinski definition) is 0. The highest BCUT2D eigenvalue weighted by molar-refractivity contribution is 5.92. The van der Waals surface area contributed by atoms with Crippen molar-refractivity contribution in [3.8, 4) is 5.75 Å². The Hall–Kier alpha value is -3.90. The quantitative estimate of drug-likeness (QED) is 0.214. The molecule has 2 heterocycles. The second-order valence-electron chi connectivity index (χ2n) is 13.8. The Morgan fingerprint density at radius 1 is 1.02 bits per heavy atom. The van der Waals surface area contributed by atoms with Crippen LogP contribution in [0.4, 0.5) is 0 Å². The van der Waals surface area contributed by atoms with E-state index in [1.54, 1.807) is 13.0 Å². The van der Waals surface area contributed by atoms with Gasteiger partial charge in [0.15, 0.2) is 0 Å². The lowest BCUT2D eigenvalue weighted by molar-refractivity contribution is -0.224. The van der Waals surface area contributed by atoms with E-state index in [2.05, 4.69) is 72.2 Å². The zero-order valence-electron chi connectivity index (χ0n) is 26.7. The van der Waals surface area contributed by atoms with Crippen LogP contribution in [0.15, 0.2) is 84.9 Å². The molecule has 2 fully saturated rings. The van der Waals surface area contributed by atoms with Gasteiger partial charge < -0.3 is 14.4 Å². The Morgan fingerprint density at radius 2 is 1.78 bits per heavy atom. The second-order valence-corrected chi connectivity index (χ2v) is 13.8. The fourth-order valence-corrected chi connectivity index (χ4v) is 9.12. The summed E-state index contributed by atoms with van der Waals surface area (Å²) >= 11 is 0. The third-order valence-corrected chi connectivity index (χ3v) is 10.7. The lowest BCUT2D eigenvalue weighted by Crippen LogP contribution is -2.79. The van der Waals surface area contributed by atoms with E-state index in [1.807, 2.05) is 36.4 Å². The number of piperidine rings is 1. The first-order chi connectivity index (χ1) is 21.8. The van der Waals surface area contributed by atoms with Crippen LogP contribution in [0.1, 0.15) is 62.3 Å². The van der Waals surface area contributed by atoms with E-state index in [-0.39, 0.29) is 36.0 Å². The molecule has 0 aromatic heterocycles. The fourth-order valence-electron chi connectivity index (χ4n) is 9.12. The van der Waals surface area contributed by atoms with Crippen LogP contribution in [-0.4, -0.2) is 65.1 Å². The van der Waals surface area contributed by atoms with Crippen molar-refractivity contribution in [3.05, 3.63) is 107 Å². The second kappa shape index (κ2) is 11.8. The van der Waals surface area contributed by atoms with Gasteiger partial charge in [0.25, 0.3) is 0 Å². The number of rotatable bonds is 9. The van der Waals surface area contributed by atoms with Gasteiger partial charge in [0.1, 0.15) is 17.5 Å². The van der Waals surface area contributed by atoms with Gasteiger partial charge in [0, 0.05) is 31.7 Å². The molecular formula is C39H44N2O4. The van der Waals surface area contributed by atoms with Gasteiger partial charge in [-0.25, -0.2) is 0 Å².